The fourth-order valence-electron chi connectivity index (χ4n) is 1.77. The van der Waals surface area contributed by atoms with Gasteiger partial charge < -0.3 is 10.6 Å². The van der Waals surface area contributed by atoms with Crippen molar-refractivity contribution >= 4 is 16.3 Å². The molecule has 2 nitrogen and oxygen atoms in total. The summed E-state index contributed by atoms with van der Waals surface area (Å²) in [7, 11) is 0. The van der Waals surface area contributed by atoms with Crippen LogP contribution in [0.3, 0.4) is 0 Å². The maximum absolute atomic E-state index is 5.70. The first kappa shape index (κ1) is 11.5. The standard InChI is InChI=1S/C11H20N2S/c1-4-13(5-2)9(3)8-10-6-7-11(12)14-10/h6-7,9H,4-5,8,12H2,1-3H3. The van der Waals surface area contributed by atoms with E-state index < -0.39 is 0 Å². The molecule has 3 heteroatoms. The van der Waals surface area contributed by atoms with Crippen molar-refractivity contribution in [1.82, 2.24) is 4.90 Å². The number of hydrogen-bond acceptors (Lipinski definition) is 3. The Bertz CT molecular complexity index is 266. The molecule has 0 aliphatic carbocycles. The molecule has 0 radical (unpaired) electrons. The second-order valence-corrected chi connectivity index (χ2v) is 4.78. The van der Waals surface area contributed by atoms with Crippen molar-refractivity contribution < 1.29 is 0 Å². The van der Waals surface area contributed by atoms with Gasteiger partial charge in [-0.1, -0.05) is 13.8 Å². The van der Waals surface area contributed by atoms with Crippen molar-refractivity contribution in [3.63, 3.8) is 0 Å². The fourth-order valence-corrected chi connectivity index (χ4v) is 2.67. The molecular formula is C11H20N2S. The van der Waals surface area contributed by atoms with Gasteiger partial charge >= 0.3 is 0 Å². The Balaban J connectivity index is 2.51. The van der Waals surface area contributed by atoms with Crippen LogP contribution in [0.25, 0.3) is 0 Å². The van der Waals surface area contributed by atoms with E-state index in [4.69, 9.17) is 5.73 Å². The molecule has 1 atom stereocenters. The molecule has 1 rings (SSSR count). The van der Waals surface area contributed by atoms with Gasteiger partial charge in [0.05, 0.1) is 5.00 Å². The zero-order chi connectivity index (χ0) is 10.6. The van der Waals surface area contributed by atoms with Gasteiger partial charge in [0.25, 0.3) is 0 Å². The van der Waals surface area contributed by atoms with Gasteiger partial charge in [-0.15, -0.1) is 11.3 Å². The predicted octanol–water partition coefficient (Wildman–Crippen LogP) is 2.60. The van der Waals surface area contributed by atoms with Crippen molar-refractivity contribution in [1.29, 1.82) is 0 Å². The molecule has 1 heterocycles. The largest absolute Gasteiger partial charge is 0.391 e. The number of rotatable bonds is 5. The normalized spacial score (nSPS) is 13.4. The highest BCUT2D eigenvalue weighted by Crippen LogP contribution is 2.20. The molecule has 0 bridgehead atoms. The topological polar surface area (TPSA) is 29.3 Å². The maximum Gasteiger partial charge on any atom is 0.0859 e. The summed E-state index contributed by atoms with van der Waals surface area (Å²) in [6.45, 7) is 8.95. The second-order valence-electron chi connectivity index (χ2n) is 3.58. The van der Waals surface area contributed by atoms with E-state index >= 15 is 0 Å². The van der Waals surface area contributed by atoms with E-state index in [1.807, 2.05) is 6.07 Å². The zero-order valence-corrected chi connectivity index (χ0v) is 10.1. The summed E-state index contributed by atoms with van der Waals surface area (Å²) in [6.07, 6.45) is 1.11. The Morgan fingerprint density at radius 3 is 2.43 bits per heavy atom. The molecular weight excluding hydrogens is 192 g/mol. The molecule has 0 aliphatic rings. The Labute approximate surface area is 90.7 Å². The molecule has 14 heavy (non-hydrogen) atoms. The summed E-state index contributed by atoms with van der Waals surface area (Å²) in [5.74, 6) is 0. The maximum atomic E-state index is 5.70. The minimum absolute atomic E-state index is 0.614. The number of nitrogens with two attached hydrogens (primary N) is 1. The van der Waals surface area contributed by atoms with E-state index in [1.54, 1.807) is 11.3 Å². The Morgan fingerprint density at radius 2 is 2.00 bits per heavy atom. The molecule has 1 aromatic rings. The van der Waals surface area contributed by atoms with Crippen molar-refractivity contribution in [2.45, 2.75) is 33.2 Å². The number of anilines is 1. The Morgan fingerprint density at radius 1 is 1.36 bits per heavy atom. The van der Waals surface area contributed by atoms with Gasteiger partial charge in [-0.05, 0) is 38.6 Å². The summed E-state index contributed by atoms with van der Waals surface area (Å²) in [5, 5.41) is 0.923. The number of nitrogen functional groups attached to an aromatic ring is 1. The zero-order valence-electron chi connectivity index (χ0n) is 9.29. The summed E-state index contributed by atoms with van der Waals surface area (Å²) >= 11 is 1.71. The van der Waals surface area contributed by atoms with Gasteiger partial charge in [0.1, 0.15) is 0 Å². The number of likely N-dealkylation sites (N-methyl/N-ethyl adjacent to an activating group) is 1. The Hall–Kier alpha value is -0.540. The predicted molar refractivity (Wildman–Crippen MR) is 64.8 cm³/mol. The third kappa shape index (κ3) is 3.00. The monoisotopic (exact) mass is 212 g/mol. The first-order valence-electron chi connectivity index (χ1n) is 5.25. The molecule has 0 fully saturated rings. The SMILES string of the molecule is CCN(CC)C(C)Cc1ccc(N)s1. The molecule has 1 unspecified atom stereocenters. The van der Waals surface area contributed by atoms with Gasteiger partial charge in [0, 0.05) is 10.9 Å². The lowest BCUT2D eigenvalue weighted by Gasteiger charge is -2.25. The summed E-state index contributed by atoms with van der Waals surface area (Å²) in [5.41, 5.74) is 5.70. The van der Waals surface area contributed by atoms with Crippen molar-refractivity contribution in [2.75, 3.05) is 18.8 Å². The van der Waals surface area contributed by atoms with Crippen LogP contribution in [-0.4, -0.2) is 24.0 Å². The van der Waals surface area contributed by atoms with Crippen molar-refractivity contribution in [2.24, 2.45) is 0 Å². The lowest BCUT2D eigenvalue weighted by Crippen LogP contribution is -2.33. The van der Waals surface area contributed by atoms with Crippen LogP contribution in [0.15, 0.2) is 12.1 Å². The minimum atomic E-state index is 0.614. The molecule has 0 aromatic carbocycles. The molecule has 0 saturated carbocycles. The van der Waals surface area contributed by atoms with Crippen LogP contribution < -0.4 is 5.73 Å². The molecule has 0 spiro atoms. The fraction of sp³-hybridized carbons (Fsp3) is 0.636. The third-order valence-electron chi connectivity index (χ3n) is 2.61. The summed E-state index contributed by atoms with van der Waals surface area (Å²) in [4.78, 5) is 3.86. The van der Waals surface area contributed by atoms with Crippen LogP contribution in [0.4, 0.5) is 5.00 Å². The highest BCUT2D eigenvalue weighted by atomic mass is 32.1. The average molecular weight is 212 g/mol. The number of thiophene rings is 1. The number of nitrogens with zero attached hydrogens (tertiary/aromatic N) is 1. The van der Waals surface area contributed by atoms with E-state index in [9.17, 15) is 0 Å². The van der Waals surface area contributed by atoms with Crippen LogP contribution in [0, 0.1) is 0 Å². The quantitative estimate of drug-likeness (QED) is 0.813. The number of hydrogen-bond donors (Lipinski definition) is 1. The molecule has 0 amide bonds. The van der Waals surface area contributed by atoms with Gasteiger partial charge in [-0.3, -0.25) is 0 Å². The lowest BCUT2D eigenvalue weighted by atomic mass is 10.2. The Kier molecular flexibility index (Phi) is 4.42. The van der Waals surface area contributed by atoms with Crippen LogP contribution in [0.2, 0.25) is 0 Å². The summed E-state index contributed by atoms with van der Waals surface area (Å²) in [6, 6.07) is 4.75. The molecule has 1 aromatic heterocycles. The summed E-state index contributed by atoms with van der Waals surface area (Å²) < 4.78 is 0. The highest BCUT2D eigenvalue weighted by molar-refractivity contribution is 7.15. The van der Waals surface area contributed by atoms with Gasteiger partial charge in [-0.2, -0.15) is 0 Å². The smallest absolute Gasteiger partial charge is 0.0859 e. The lowest BCUT2D eigenvalue weighted by molar-refractivity contribution is 0.231. The highest BCUT2D eigenvalue weighted by Gasteiger charge is 2.11. The van der Waals surface area contributed by atoms with E-state index in [1.165, 1.54) is 4.88 Å². The molecule has 2 N–H and O–H groups in total. The third-order valence-corrected chi connectivity index (χ3v) is 3.55. The molecule has 0 aliphatic heterocycles. The van der Waals surface area contributed by atoms with E-state index in [2.05, 4.69) is 31.7 Å². The van der Waals surface area contributed by atoms with E-state index in [-0.39, 0.29) is 0 Å². The van der Waals surface area contributed by atoms with Crippen LogP contribution in [0.5, 0.6) is 0 Å². The van der Waals surface area contributed by atoms with E-state index in [0.717, 1.165) is 24.5 Å². The van der Waals surface area contributed by atoms with Crippen LogP contribution in [-0.2, 0) is 6.42 Å². The van der Waals surface area contributed by atoms with Gasteiger partial charge in [-0.25, -0.2) is 0 Å². The van der Waals surface area contributed by atoms with Gasteiger partial charge in [0.15, 0.2) is 0 Å². The van der Waals surface area contributed by atoms with Crippen LogP contribution >= 0.6 is 11.3 Å². The average Bonchev–Trinajstić information content (AvgIpc) is 2.53. The molecule has 80 valence electrons. The first-order chi connectivity index (χ1) is 6.67. The minimum Gasteiger partial charge on any atom is -0.391 e. The van der Waals surface area contributed by atoms with Crippen molar-refractivity contribution in [3.05, 3.63) is 17.0 Å². The molecule has 0 saturated heterocycles. The van der Waals surface area contributed by atoms with Crippen LogP contribution in [0.1, 0.15) is 25.6 Å². The van der Waals surface area contributed by atoms with Gasteiger partial charge in [0.2, 0.25) is 0 Å². The van der Waals surface area contributed by atoms with Crippen molar-refractivity contribution in [3.8, 4) is 0 Å². The first-order valence-corrected chi connectivity index (χ1v) is 6.07. The van der Waals surface area contributed by atoms with E-state index in [0.29, 0.717) is 6.04 Å². The second kappa shape index (κ2) is 5.37.